The fourth-order valence-electron chi connectivity index (χ4n) is 2.58. The van der Waals surface area contributed by atoms with E-state index in [0.29, 0.717) is 0 Å². The molecule has 0 aliphatic heterocycles. The second-order valence-corrected chi connectivity index (χ2v) is 6.19. The first-order valence-electron chi connectivity index (χ1n) is 6.00. The van der Waals surface area contributed by atoms with Crippen LogP contribution < -0.4 is 0 Å². The minimum absolute atomic E-state index is 0.170. The predicted molar refractivity (Wildman–Crippen MR) is 76.3 cm³/mol. The molecule has 0 fully saturated rings. The Balaban J connectivity index is 2.12. The Morgan fingerprint density at radius 2 is 1.89 bits per heavy atom. The number of hydrogen-bond donors (Lipinski definition) is 0. The number of hydrogen-bond acceptors (Lipinski definition) is 1. The molecule has 2 heteroatoms. The van der Waals surface area contributed by atoms with Crippen molar-refractivity contribution in [2.75, 3.05) is 0 Å². The zero-order valence-corrected chi connectivity index (χ0v) is 11.7. The molecule has 1 aliphatic carbocycles. The lowest BCUT2D eigenvalue weighted by atomic mass is 9.94. The Morgan fingerprint density at radius 3 is 2.61 bits per heavy atom. The van der Waals surface area contributed by atoms with Crippen molar-refractivity contribution >= 4 is 21.7 Å². The van der Waals surface area contributed by atoms with Gasteiger partial charge in [-0.05, 0) is 24.5 Å². The summed E-state index contributed by atoms with van der Waals surface area (Å²) in [5, 5.41) is 0. The summed E-state index contributed by atoms with van der Waals surface area (Å²) >= 11 is 3.68. The third-order valence-electron chi connectivity index (χ3n) is 3.53. The van der Waals surface area contributed by atoms with Crippen LogP contribution in [0, 0.1) is 6.92 Å². The molecule has 0 saturated heterocycles. The van der Waals surface area contributed by atoms with Crippen molar-refractivity contribution in [1.29, 1.82) is 0 Å². The lowest BCUT2D eigenvalue weighted by molar-refractivity contribution is 0.0960. The second-order valence-electron chi connectivity index (χ2n) is 4.83. The van der Waals surface area contributed by atoms with Crippen LogP contribution in [0.25, 0.3) is 0 Å². The van der Waals surface area contributed by atoms with Crippen LogP contribution >= 0.6 is 15.9 Å². The van der Waals surface area contributed by atoms with Gasteiger partial charge < -0.3 is 0 Å². The zero-order valence-electron chi connectivity index (χ0n) is 10.1. The Hall–Kier alpha value is -1.41. The first kappa shape index (κ1) is 11.7. The molecule has 90 valence electrons. The average Bonchev–Trinajstić information content (AvgIpc) is 2.64. The summed E-state index contributed by atoms with van der Waals surface area (Å²) in [6, 6.07) is 16.0. The highest BCUT2D eigenvalue weighted by molar-refractivity contribution is 9.10. The van der Waals surface area contributed by atoms with Crippen molar-refractivity contribution in [3.8, 4) is 0 Å². The summed E-state index contributed by atoms with van der Waals surface area (Å²) in [6.07, 6.45) is 0.728. The number of aryl methyl sites for hydroxylation is 1. The van der Waals surface area contributed by atoms with Crippen LogP contribution in [-0.4, -0.2) is 5.78 Å². The largest absolute Gasteiger partial charge is 0.292 e. The summed E-state index contributed by atoms with van der Waals surface area (Å²) < 4.78 is -0.581. The maximum Gasteiger partial charge on any atom is 0.184 e. The van der Waals surface area contributed by atoms with Crippen molar-refractivity contribution < 1.29 is 4.79 Å². The number of fused-ring (bicyclic) bond motifs is 1. The molecule has 18 heavy (non-hydrogen) atoms. The van der Waals surface area contributed by atoms with Crippen LogP contribution in [0.15, 0.2) is 48.5 Å². The molecule has 1 aliphatic rings. The zero-order chi connectivity index (χ0) is 12.8. The molecule has 0 spiro atoms. The Morgan fingerprint density at radius 1 is 1.11 bits per heavy atom. The van der Waals surface area contributed by atoms with E-state index in [1.165, 1.54) is 5.56 Å². The SMILES string of the molecule is Cc1cccc(C2(Br)Cc3ccccc3C2=O)c1. The summed E-state index contributed by atoms with van der Waals surface area (Å²) in [6.45, 7) is 2.05. The molecule has 0 heterocycles. The number of alkyl halides is 1. The number of rotatable bonds is 1. The van der Waals surface area contributed by atoms with Crippen LogP contribution in [0.3, 0.4) is 0 Å². The Kier molecular flexibility index (Phi) is 2.63. The third kappa shape index (κ3) is 1.64. The fraction of sp³-hybridized carbons (Fsp3) is 0.188. The second kappa shape index (κ2) is 4.06. The predicted octanol–water partition coefficient (Wildman–Crippen LogP) is 4.02. The van der Waals surface area contributed by atoms with E-state index >= 15 is 0 Å². The molecule has 1 atom stereocenters. The minimum atomic E-state index is -0.581. The van der Waals surface area contributed by atoms with E-state index in [9.17, 15) is 4.79 Å². The van der Waals surface area contributed by atoms with Gasteiger partial charge in [0.25, 0.3) is 0 Å². The van der Waals surface area contributed by atoms with Crippen molar-refractivity contribution in [3.63, 3.8) is 0 Å². The van der Waals surface area contributed by atoms with E-state index < -0.39 is 4.32 Å². The van der Waals surface area contributed by atoms with Crippen LogP contribution in [0.1, 0.15) is 27.0 Å². The third-order valence-corrected chi connectivity index (χ3v) is 4.63. The summed E-state index contributed by atoms with van der Waals surface area (Å²) in [5.74, 6) is 0.170. The number of carbonyl (C=O) groups is 1. The molecule has 0 aromatic heterocycles. The van der Waals surface area contributed by atoms with Crippen LogP contribution in [-0.2, 0) is 10.7 Å². The van der Waals surface area contributed by atoms with E-state index in [1.54, 1.807) is 0 Å². The van der Waals surface area contributed by atoms with Crippen molar-refractivity contribution in [3.05, 3.63) is 70.8 Å². The van der Waals surface area contributed by atoms with Gasteiger partial charge in [-0.3, -0.25) is 4.79 Å². The monoisotopic (exact) mass is 300 g/mol. The molecular weight excluding hydrogens is 288 g/mol. The van der Waals surface area contributed by atoms with Crippen molar-refractivity contribution in [1.82, 2.24) is 0 Å². The van der Waals surface area contributed by atoms with Crippen molar-refractivity contribution in [2.45, 2.75) is 17.7 Å². The summed E-state index contributed by atoms with van der Waals surface area (Å²) in [5.41, 5.74) is 4.19. The minimum Gasteiger partial charge on any atom is -0.292 e. The molecule has 0 amide bonds. The highest BCUT2D eigenvalue weighted by Gasteiger charge is 2.44. The molecule has 2 aromatic carbocycles. The van der Waals surface area contributed by atoms with E-state index in [0.717, 1.165) is 23.1 Å². The Labute approximate surface area is 115 Å². The van der Waals surface area contributed by atoms with E-state index in [4.69, 9.17) is 0 Å². The Bertz CT molecular complexity index is 632. The van der Waals surface area contributed by atoms with Crippen LogP contribution in [0.2, 0.25) is 0 Å². The van der Waals surface area contributed by atoms with Gasteiger partial charge in [0, 0.05) is 5.56 Å². The number of benzene rings is 2. The topological polar surface area (TPSA) is 17.1 Å². The molecule has 1 nitrogen and oxygen atoms in total. The molecule has 0 saturated carbocycles. The standard InChI is InChI=1S/C16H13BrO/c1-11-5-4-7-13(9-11)16(17)10-12-6-2-3-8-14(12)15(16)18/h2-9H,10H2,1H3. The van der Waals surface area contributed by atoms with Crippen LogP contribution in [0.4, 0.5) is 0 Å². The number of ketones is 1. The maximum absolute atomic E-state index is 12.6. The van der Waals surface area contributed by atoms with Gasteiger partial charge in [-0.25, -0.2) is 0 Å². The van der Waals surface area contributed by atoms with Gasteiger partial charge in [0.2, 0.25) is 0 Å². The molecule has 3 rings (SSSR count). The van der Waals surface area contributed by atoms with Crippen molar-refractivity contribution in [2.24, 2.45) is 0 Å². The van der Waals surface area contributed by atoms with Crippen LogP contribution in [0.5, 0.6) is 0 Å². The maximum atomic E-state index is 12.6. The van der Waals surface area contributed by atoms with E-state index in [1.807, 2.05) is 49.4 Å². The van der Waals surface area contributed by atoms with Gasteiger partial charge in [0.15, 0.2) is 5.78 Å². The molecule has 1 unspecified atom stereocenters. The molecule has 2 aromatic rings. The van der Waals surface area contributed by atoms with Gasteiger partial charge in [-0.2, -0.15) is 0 Å². The molecule has 0 bridgehead atoms. The summed E-state index contributed by atoms with van der Waals surface area (Å²) in [4.78, 5) is 12.6. The average molecular weight is 301 g/mol. The number of halogens is 1. The molecule has 0 radical (unpaired) electrons. The van der Waals surface area contributed by atoms with Gasteiger partial charge in [-0.1, -0.05) is 70.0 Å². The normalized spacial score (nSPS) is 22.0. The highest BCUT2D eigenvalue weighted by atomic mass is 79.9. The van der Waals surface area contributed by atoms with E-state index in [2.05, 4.69) is 22.0 Å². The first-order chi connectivity index (χ1) is 8.61. The molecular formula is C16H13BrO. The van der Waals surface area contributed by atoms with Gasteiger partial charge in [0.05, 0.1) is 0 Å². The lowest BCUT2D eigenvalue weighted by Crippen LogP contribution is -2.25. The first-order valence-corrected chi connectivity index (χ1v) is 6.79. The van der Waals surface area contributed by atoms with Gasteiger partial charge in [0.1, 0.15) is 4.32 Å². The fourth-order valence-corrected chi connectivity index (χ4v) is 3.34. The summed E-state index contributed by atoms with van der Waals surface area (Å²) in [7, 11) is 0. The smallest absolute Gasteiger partial charge is 0.184 e. The van der Waals surface area contributed by atoms with E-state index in [-0.39, 0.29) is 5.78 Å². The van der Waals surface area contributed by atoms with Gasteiger partial charge >= 0.3 is 0 Å². The molecule has 0 N–H and O–H groups in total. The lowest BCUT2D eigenvalue weighted by Gasteiger charge is -2.20. The number of Topliss-reactive ketones (excluding diaryl/α,β-unsaturated/α-hetero) is 1. The quantitative estimate of drug-likeness (QED) is 0.727. The van der Waals surface area contributed by atoms with Gasteiger partial charge in [-0.15, -0.1) is 0 Å². The number of carbonyl (C=O) groups excluding carboxylic acids is 1. The highest BCUT2D eigenvalue weighted by Crippen LogP contribution is 2.44.